The number of benzene rings is 1. The largest absolute Gasteiger partial charge is 0.450 e. The first-order valence-corrected chi connectivity index (χ1v) is 12.0. The van der Waals surface area contributed by atoms with Gasteiger partial charge in [0.25, 0.3) is 0 Å². The van der Waals surface area contributed by atoms with Crippen molar-refractivity contribution in [2.45, 2.75) is 71.1 Å². The summed E-state index contributed by atoms with van der Waals surface area (Å²) in [5.74, 6) is 0.517. The Balaban J connectivity index is 2.45. The van der Waals surface area contributed by atoms with Crippen molar-refractivity contribution in [3.8, 4) is 0 Å². The number of ether oxygens (including phenoxy) is 1. The smallest absolute Gasteiger partial charge is 0.409 e. The number of hydrogen-bond acceptors (Lipinski definition) is 4. The summed E-state index contributed by atoms with van der Waals surface area (Å²) in [5.41, 5.74) is 2.93. The molecule has 6 nitrogen and oxygen atoms in total. The number of piperazine rings is 1. The minimum Gasteiger partial charge on any atom is -0.450 e. The summed E-state index contributed by atoms with van der Waals surface area (Å²) in [4.78, 5) is 14.0. The second kappa shape index (κ2) is 9.47. The molecule has 164 valence electrons. The van der Waals surface area contributed by atoms with Gasteiger partial charge in [-0.3, -0.25) is 0 Å². The Morgan fingerprint density at radius 2 is 1.41 bits per heavy atom. The summed E-state index contributed by atoms with van der Waals surface area (Å²) in [7, 11) is -3.66. The lowest BCUT2D eigenvalue weighted by molar-refractivity contribution is 0.0934. The van der Waals surface area contributed by atoms with Gasteiger partial charge in [-0.15, -0.1) is 0 Å². The fourth-order valence-corrected chi connectivity index (χ4v) is 5.73. The first-order valence-electron chi connectivity index (χ1n) is 10.6. The molecule has 0 aliphatic carbocycles. The topological polar surface area (TPSA) is 66.9 Å². The third-order valence-corrected chi connectivity index (χ3v) is 7.47. The van der Waals surface area contributed by atoms with Crippen molar-refractivity contribution < 1.29 is 17.9 Å². The summed E-state index contributed by atoms with van der Waals surface area (Å²) < 4.78 is 34.0. The Morgan fingerprint density at radius 3 is 1.79 bits per heavy atom. The molecule has 1 aromatic carbocycles. The molecule has 0 bridgehead atoms. The maximum Gasteiger partial charge on any atom is 0.409 e. The molecule has 1 aliphatic heterocycles. The van der Waals surface area contributed by atoms with Gasteiger partial charge in [-0.05, 0) is 41.4 Å². The summed E-state index contributed by atoms with van der Waals surface area (Å²) >= 11 is 0. The van der Waals surface area contributed by atoms with Crippen LogP contribution in [-0.4, -0.2) is 56.5 Å². The van der Waals surface area contributed by atoms with E-state index in [0.717, 1.165) is 11.1 Å². The van der Waals surface area contributed by atoms with E-state index < -0.39 is 10.0 Å². The molecule has 0 atom stereocenters. The van der Waals surface area contributed by atoms with E-state index in [0.29, 0.717) is 30.5 Å². The van der Waals surface area contributed by atoms with Crippen LogP contribution in [0.1, 0.15) is 82.9 Å². The molecule has 1 saturated heterocycles. The molecule has 0 spiro atoms. The minimum absolute atomic E-state index is 0.0943. The Morgan fingerprint density at radius 1 is 0.931 bits per heavy atom. The Kier molecular flexibility index (Phi) is 7.74. The van der Waals surface area contributed by atoms with Crippen molar-refractivity contribution in [2.75, 3.05) is 32.8 Å². The predicted octanol–water partition coefficient (Wildman–Crippen LogP) is 4.52. The van der Waals surface area contributed by atoms with Crippen molar-refractivity contribution in [1.82, 2.24) is 9.21 Å². The van der Waals surface area contributed by atoms with Gasteiger partial charge in [0.05, 0.1) is 11.5 Å². The average Bonchev–Trinajstić information content (AvgIpc) is 2.66. The van der Waals surface area contributed by atoms with Crippen LogP contribution < -0.4 is 0 Å². The van der Waals surface area contributed by atoms with Gasteiger partial charge < -0.3 is 9.64 Å². The molecular formula is C22H36N2O4S. The zero-order valence-electron chi connectivity index (χ0n) is 18.9. The summed E-state index contributed by atoms with van der Waals surface area (Å²) in [6.45, 7) is 15.8. The lowest BCUT2D eigenvalue weighted by atomic mass is 9.89. The monoisotopic (exact) mass is 424 g/mol. The maximum atomic E-state index is 13.7. The molecule has 2 rings (SSSR count). The Hall–Kier alpha value is -1.60. The highest BCUT2D eigenvalue weighted by atomic mass is 32.2. The predicted molar refractivity (Wildman–Crippen MR) is 116 cm³/mol. The second-order valence-electron chi connectivity index (χ2n) is 8.58. The van der Waals surface area contributed by atoms with E-state index in [1.165, 1.54) is 9.87 Å². The van der Waals surface area contributed by atoms with Crippen molar-refractivity contribution in [2.24, 2.45) is 0 Å². The number of carbonyl (C=O) groups is 1. The zero-order valence-corrected chi connectivity index (χ0v) is 19.7. The van der Waals surface area contributed by atoms with Crippen LogP contribution >= 0.6 is 0 Å². The van der Waals surface area contributed by atoms with Crippen LogP contribution in [-0.2, 0) is 14.8 Å². The maximum absolute atomic E-state index is 13.7. The van der Waals surface area contributed by atoms with Crippen molar-refractivity contribution in [3.05, 3.63) is 28.8 Å². The second-order valence-corrected chi connectivity index (χ2v) is 10.5. The number of carbonyl (C=O) groups excluding carboxylic acids is 1. The van der Waals surface area contributed by atoms with Crippen LogP contribution in [0, 0.1) is 0 Å². The number of nitrogens with zero attached hydrogens (tertiary/aromatic N) is 2. The molecular weight excluding hydrogens is 388 g/mol. The molecule has 1 amide bonds. The van der Waals surface area contributed by atoms with Crippen LogP contribution in [0.3, 0.4) is 0 Å². The van der Waals surface area contributed by atoms with Crippen LogP contribution in [0.4, 0.5) is 4.79 Å². The summed E-state index contributed by atoms with van der Waals surface area (Å²) in [6.07, 6.45) is -0.378. The van der Waals surface area contributed by atoms with E-state index in [4.69, 9.17) is 4.74 Å². The first kappa shape index (κ1) is 23.7. The third kappa shape index (κ3) is 5.12. The van der Waals surface area contributed by atoms with E-state index >= 15 is 0 Å². The van der Waals surface area contributed by atoms with Gasteiger partial charge in [-0.2, -0.15) is 4.31 Å². The summed E-state index contributed by atoms with van der Waals surface area (Å²) in [5, 5.41) is 0. The van der Waals surface area contributed by atoms with Crippen molar-refractivity contribution in [3.63, 3.8) is 0 Å². The van der Waals surface area contributed by atoms with E-state index in [1.54, 1.807) is 11.8 Å². The van der Waals surface area contributed by atoms with Gasteiger partial charge in [-0.1, -0.05) is 53.7 Å². The van der Waals surface area contributed by atoms with Crippen LogP contribution in [0.2, 0.25) is 0 Å². The fraction of sp³-hybridized carbons (Fsp3) is 0.682. The normalized spacial score (nSPS) is 16.1. The SMILES string of the molecule is CCOC(=O)N1CCN(S(=O)(=O)c2c(C(C)C)cc(C(C)C)cc2C(C)C)CC1. The van der Waals surface area contributed by atoms with Crippen molar-refractivity contribution in [1.29, 1.82) is 0 Å². The molecule has 0 radical (unpaired) electrons. The molecule has 7 heteroatoms. The molecule has 0 saturated carbocycles. The van der Waals surface area contributed by atoms with Gasteiger partial charge in [0, 0.05) is 26.2 Å². The quantitative estimate of drug-likeness (QED) is 0.673. The van der Waals surface area contributed by atoms with Crippen LogP contribution in [0.15, 0.2) is 17.0 Å². The fourth-order valence-electron chi connectivity index (χ4n) is 3.64. The first-order chi connectivity index (χ1) is 13.5. The van der Waals surface area contributed by atoms with Gasteiger partial charge in [0.2, 0.25) is 10.0 Å². The van der Waals surface area contributed by atoms with E-state index in [-0.39, 0.29) is 31.0 Å². The molecule has 1 fully saturated rings. The molecule has 0 N–H and O–H groups in total. The number of sulfonamides is 1. The van der Waals surface area contributed by atoms with E-state index in [9.17, 15) is 13.2 Å². The van der Waals surface area contributed by atoms with Crippen LogP contribution in [0.5, 0.6) is 0 Å². The molecule has 0 unspecified atom stereocenters. The zero-order chi connectivity index (χ0) is 21.9. The highest BCUT2D eigenvalue weighted by Gasteiger charge is 2.35. The number of amides is 1. The Bertz CT molecular complexity index is 794. The van der Waals surface area contributed by atoms with Gasteiger partial charge in [0.15, 0.2) is 0 Å². The van der Waals surface area contributed by atoms with Crippen molar-refractivity contribution >= 4 is 16.1 Å². The molecule has 1 aliphatic rings. The molecule has 29 heavy (non-hydrogen) atoms. The molecule has 1 heterocycles. The highest BCUT2D eigenvalue weighted by Crippen LogP contribution is 2.36. The third-order valence-electron chi connectivity index (χ3n) is 5.44. The average molecular weight is 425 g/mol. The molecule has 1 aromatic rings. The summed E-state index contributed by atoms with van der Waals surface area (Å²) in [6, 6.07) is 4.12. The highest BCUT2D eigenvalue weighted by molar-refractivity contribution is 7.89. The van der Waals surface area contributed by atoms with Gasteiger partial charge >= 0.3 is 6.09 Å². The molecule has 0 aromatic heterocycles. The lowest BCUT2D eigenvalue weighted by Crippen LogP contribution is -2.50. The van der Waals surface area contributed by atoms with E-state index in [1.807, 2.05) is 27.7 Å². The van der Waals surface area contributed by atoms with Gasteiger partial charge in [-0.25, -0.2) is 13.2 Å². The lowest BCUT2D eigenvalue weighted by Gasteiger charge is -2.34. The van der Waals surface area contributed by atoms with Gasteiger partial charge in [0.1, 0.15) is 0 Å². The van der Waals surface area contributed by atoms with E-state index in [2.05, 4.69) is 26.0 Å². The Labute approximate surface area is 176 Å². The number of rotatable bonds is 6. The number of hydrogen-bond donors (Lipinski definition) is 0. The van der Waals surface area contributed by atoms with Crippen LogP contribution in [0.25, 0.3) is 0 Å². The minimum atomic E-state index is -3.66. The standard InChI is InChI=1S/C22H36N2O4S/c1-8-28-22(25)23-9-11-24(12-10-23)29(26,27)21-19(16(4)5)13-18(15(2)3)14-20(21)17(6)7/h13-17H,8-12H2,1-7H3.